The van der Waals surface area contributed by atoms with Gasteiger partial charge in [0, 0.05) is 20.0 Å². The first-order chi connectivity index (χ1) is 8.81. The highest BCUT2D eigenvalue weighted by molar-refractivity contribution is 5.84. The highest BCUT2D eigenvalue weighted by Crippen LogP contribution is 2.28. The minimum atomic E-state index is -1.79. The Morgan fingerprint density at radius 1 is 1.68 bits per heavy atom. The summed E-state index contributed by atoms with van der Waals surface area (Å²) in [5.41, 5.74) is 4.11. The Morgan fingerprint density at radius 2 is 2.32 bits per heavy atom. The van der Waals surface area contributed by atoms with E-state index in [-0.39, 0.29) is 31.1 Å². The number of nitrogens with two attached hydrogens (primary N) is 1. The van der Waals surface area contributed by atoms with E-state index in [4.69, 9.17) is 20.7 Å². The summed E-state index contributed by atoms with van der Waals surface area (Å²) in [7, 11) is 0. The van der Waals surface area contributed by atoms with Gasteiger partial charge in [-0.2, -0.15) is 0 Å². The lowest BCUT2D eigenvalue weighted by Crippen LogP contribution is -2.67. The van der Waals surface area contributed by atoms with Crippen molar-refractivity contribution in [3.8, 4) is 0 Å². The van der Waals surface area contributed by atoms with E-state index in [0.717, 1.165) is 0 Å². The molecular weight excluding hydrogens is 256 g/mol. The van der Waals surface area contributed by atoms with Gasteiger partial charge in [-0.25, -0.2) is 4.79 Å². The molecule has 8 heteroatoms. The molecule has 8 nitrogen and oxygen atoms in total. The standard InChI is InChI=1S/C11H18N2O6/c1-6(15)13-8-3-2-7(10(17)18)19-11(8,12)9(16)4-5-14/h2,8-9,14,16H,3-5,12H2,1H3,(H,13,15)(H,17,18)/t8-,9-,11-/m1/s1. The van der Waals surface area contributed by atoms with Crippen LogP contribution in [0.25, 0.3) is 0 Å². The van der Waals surface area contributed by atoms with Gasteiger partial charge in [-0.15, -0.1) is 0 Å². The van der Waals surface area contributed by atoms with Crippen LogP contribution in [0, 0.1) is 0 Å². The minimum Gasteiger partial charge on any atom is -0.475 e. The van der Waals surface area contributed by atoms with Crippen molar-refractivity contribution in [1.29, 1.82) is 0 Å². The van der Waals surface area contributed by atoms with Gasteiger partial charge in [0.2, 0.25) is 17.4 Å². The monoisotopic (exact) mass is 274 g/mol. The van der Waals surface area contributed by atoms with Gasteiger partial charge in [0.25, 0.3) is 0 Å². The van der Waals surface area contributed by atoms with E-state index < -0.39 is 23.8 Å². The van der Waals surface area contributed by atoms with Crippen LogP contribution >= 0.6 is 0 Å². The van der Waals surface area contributed by atoms with Gasteiger partial charge in [0.15, 0.2) is 0 Å². The van der Waals surface area contributed by atoms with E-state index in [1.807, 2.05) is 0 Å². The molecule has 0 fully saturated rings. The number of carbonyl (C=O) groups excluding carboxylic acids is 1. The predicted octanol–water partition coefficient (Wildman–Crippen LogP) is -1.72. The van der Waals surface area contributed by atoms with Crippen LogP contribution in [0.4, 0.5) is 0 Å². The molecule has 1 rings (SSSR count). The Bertz CT molecular complexity index is 397. The number of carbonyl (C=O) groups is 2. The van der Waals surface area contributed by atoms with Crippen LogP contribution in [0.1, 0.15) is 19.8 Å². The molecule has 0 bridgehead atoms. The fourth-order valence-corrected chi connectivity index (χ4v) is 1.91. The van der Waals surface area contributed by atoms with E-state index in [9.17, 15) is 14.7 Å². The maximum Gasteiger partial charge on any atom is 0.370 e. The summed E-state index contributed by atoms with van der Waals surface area (Å²) >= 11 is 0. The molecule has 0 spiro atoms. The third-order valence-electron chi connectivity index (χ3n) is 2.88. The van der Waals surface area contributed by atoms with Crippen LogP contribution < -0.4 is 11.1 Å². The molecule has 3 atom stereocenters. The molecule has 0 saturated carbocycles. The van der Waals surface area contributed by atoms with Crippen LogP contribution in [0.15, 0.2) is 11.8 Å². The number of aliphatic carboxylic acids is 1. The van der Waals surface area contributed by atoms with Crippen LogP contribution in [-0.2, 0) is 14.3 Å². The Balaban J connectivity index is 3.01. The summed E-state index contributed by atoms with van der Waals surface area (Å²) in [6.07, 6.45) is -0.0308. The van der Waals surface area contributed by atoms with E-state index in [0.29, 0.717) is 0 Å². The van der Waals surface area contributed by atoms with Crippen molar-refractivity contribution in [2.75, 3.05) is 6.61 Å². The van der Waals surface area contributed by atoms with Crippen LogP contribution in [0.3, 0.4) is 0 Å². The highest BCUT2D eigenvalue weighted by Gasteiger charge is 2.47. The normalized spacial score (nSPS) is 28.0. The first kappa shape index (κ1) is 15.4. The number of hydrogen-bond donors (Lipinski definition) is 5. The summed E-state index contributed by atoms with van der Waals surface area (Å²) in [6, 6.07) is -0.783. The molecule has 1 aliphatic heterocycles. The highest BCUT2D eigenvalue weighted by atomic mass is 16.6. The maximum absolute atomic E-state index is 11.1. The molecule has 1 aliphatic rings. The average molecular weight is 274 g/mol. The van der Waals surface area contributed by atoms with Crippen molar-refractivity contribution in [2.24, 2.45) is 5.73 Å². The van der Waals surface area contributed by atoms with Crippen molar-refractivity contribution in [3.63, 3.8) is 0 Å². The summed E-state index contributed by atoms with van der Waals surface area (Å²) < 4.78 is 5.13. The SMILES string of the molecule is CC(=O)N[C@@H]1CC=C(C(=O)O)O[C@@]1(N)[C@H](O)CCO. The Labute approximate surface area is 109 Å². The zero-order valence-corrected chi connectivity index (χ0v) is 10.5. The molecule has 6 N–H and O–H groups in total. The van der Waals surface area contributed by atoms with E-state index in [2.05, 4.69) is 5.32 Å². The fraction of sp³-hybridized carbons (Fsp3) is 0.636. The molecule has 0 aliphatic carbocycles. The number of hydrogen-bond acceptors (Lipinski definition) is 6. The lowest BCUT2D eigenvalue weighted by Gasteiger charge is -2.43. The summed E-state index contributed by atoms with van der Waals surface area (Å²) in [5.74, 6) is -2.08. The molecule has 0 saturated heterocycles. The third-order valence-corrected chi connectivity index (χ3v) is 2.88. The molecule has 0 aromatic rings. The van der Waals surface area contributed by atoms with Crippen molar-refractivity contribution < 1.29 is 29.6 Å². The number of carboxylic acids is 1. The van der Waals surface area contributed by atoms with Crippen molar-refractivity contribution in [2.45, 2.75) is 37.6 Å². The Morgan fingerprint density at radius 3 is 2.79 bits per heavy atom. The lowest BCUT2D eigenvalue weighted by molar-refractivity contribution is -0.157. The van der Waals surface area contributed by atoms with Crippen LogP contribution in [0.2, 0.25) is 0 Å². The zero-order chi connectivity index (χ0) is 14.6. The second-order valence-electron chi connectivity index (χ2n) is 4.35. The van der Waals surface area contributed by atoms with Gasteiger partial charge in [0.1, 0.15) is 6.10 Å². The van der Waals surface area contributed by atoms with Gasteiger partial charge in [-0.05, 0) is 12.5 Å². The van der Waals surface area contributed by atoms with E-state index in [1.54, 1.807) is 0 Å². The summed E-state index contributed by atoms with van der Waals surface area (Å²) in [5, 5.41) is 30.2. The lowest BCUT2D eigenvalue weighted by atomic mass is 9.91. The van der Waals surface area contributed by atoms with Crippen LogP contribution in [0.5, 0.6) is 0 Å². The third kappa shape index (κ3) is 3.43. The topological polar surface area (TPSA) is 142 Å². The first-order valence-electron chi connectivity index (χ1n) is 5.78. The van der Waals surface area contributed by atoms with E-state index >= 15 is 0 Å². The summed E-state index contributed by atoms with van der Waals surface area (Å²) in [6.45, 7) is 0.928. The molecule has 1 heterocycles. The number of amides is 1. The molecule has 0 aromatic carbocycles. The van der Waals surface area contributed by atoms with Gasteiger partial charge in [-0.1, -0.05) is 0 Å². The molecule has 1 amide bonds. The number of rotatable bonds is 5. The molecule has 0 unspecified atom stereocenters. The summed E-state index contributed by atoms with van der Waals surface area (Å²) in [4.78, 5) is 22.0. The van der Waals surface area contributed by atoms with Gasteiger partial charge in [0.05, 0.1) is 6.04 Å². The van der Waals surface area contributed by atoms with Crippen molar-refractivity contribution in [3.05, 3.63) is 11.8 Å². The smallest absolute Gasteiger partial charge is 0.370 e. The minimum absolute atomic E-state index is 0.0977. The average Bonchev–Trinajstić information content (AvgIpc) is 2.31. The van der Waals surface area contributed by atoms with Crippen molar-refractivity contribution in [1.82, 2.24) is 5.32 Å². The Kier molecular flexibility index (Phi) is 4.87. The Hall–Kier alpha value is -1.64. The van der Waals surface area contributed by atoms with Gasteiger partial charge >= 0.3 is 5.97 Å². The quantitative estimate of drug-likeness (QED) is 0.401. The number of aliphatic hydroxyl groups is 2. The molecule has 19 heavy (non-hydrogen) atoms. The molecule has 108 valence electrons. The van der Waals surface area contributed by atoms with Gasteiger partial charge in [-0.3, -0.25) is 10.5 Å². The molecule has 0 aromatic heterocycles. The second-order valence-corrected chi connectivity index (χ2v) is 4.35. The first-order valence-corrected chi connectivity index (χ1v) is 5.78. The second kappa shape index (κ2) is 6.00. The van der Waals surface area contributed by atoms with Crippen molar-refractivity contribution >= 4 is 11.9 Å². The maximum atomic E-state index is 11.1. The van der Waals surface area contributed by atoms with Crippen LogP contribution in [-0.4, -0.2) is 51.7 Å². The predicted molar refractivity (Wildman–Crippen MR) is 63.7 cm³/mol. The fourth-order valence-electron chi connectivity index (χ4n) is 1.91. The number of ether oxygens (including phenoxy) is 1. The van der Waals surface area contributed by atoms with E-state index in [1.165, 1.54) is 13.0 Å². The zero-order valence-electron chi connectivity index (χ0n) is 10.5. The molecular formula is C11H18N2O6. The van der Waals surface area contributed by atoms with Gasteiger partial charge < -0.3 is 25.4 Å². The largest absolute Gasteiger partial charge is 0.475 e. The number of nitrogens with one attached hydrogen (secondary N) is 1. The number of aliphatic hydroxyl groups excluding tert-OH is 2. The molecule has 0 radical (unpaired) electrons. The number of carboxylic acid groups (broad SMARTS) is 1.